The van der Waals surface area contributed by atoms with Gasteiger partial charge in [-0.25, -0.2) is 0 Å². The Bertz CT molecular complexity index is 984. The number of ether oxygens (including phenoxy) is 1. The Morgan fingerprint density at radius 2 is 1.82 bits per heavy atom. The number of rotatable bonds is 3. The number of benzene rings is 2. The van der Waals surface area contributed by atoms with Gasteiger partial charge in [0.15, 0.2) is 0 Å². The van der Waals surface area contributed by atoms with E-state index in [4.69, 9.17) is 4.74 Å². The molecule has 0 aliphatic carbocycles. The molecule has 0 saturated carbocycles. The molecule has 28 heavy (non-hydrogen) atoms. The second kappa shape index (κ2) is 7.67. The maximum absolute atomic E-state index is 13.0. The van der Waals surface area contributed by atoms with Crippen molar-refractivity contribution < 1.29 is 17.9 Å². The van der Waals surface area contributed by atoms with Gasteiger partial charge in [0.05, 0.1) is 5.56 Å². The molecule has 8 heteroatoms. The lowest BCUT2D eigenvalue weighted by molar-refractivity contribution is -0.138. The zero-order valence-electron chi connectivity index (χ0n) is 14.4. The van der Waals surface area contributed by atoms with Crippen LogP contribution in [0.15, 0.2) is 69.7 Å². The minimum atomic E-state index is -4.45. The van der Waals surface area contributed by atoms with Crippen LogP contribution in [0.4, 0.5) is 13.2 Å². The lowest BCUT2D eigenvalue weighted by Crippen LogP contribution is -2.32. The van der Waals surface area contributed by atoms with E-state index in [-0.39, 0.29) is 10.2 Å². The number of allylic oxidation sites excluding steroid dienone is 2. The van der Waals surface area contributed by atoms with Gasteiger partial charge >= 0.3 is 6.18 Å². The number of nitrogens with zero attached hydrogens (tertiary/aromatic N) is 2. The molecule has 0 N–H and O–H groups in total. The van der Waals surface area contributed by atoms with Gasteiger partial charge in [0.2, 0.25) is 0 Å². The molecule has 0 spiro atoms. The van der Waals surface area contributed by atoms with Crippen molar-refractivity contribution in [1.29, 1.82) is 0 Å². The standard InChI is InChI=1S/C20H14BrF3N2OS/c21-18-8-7-15(12-17(18)20(22,23)24)27-14-5-3-13(4-6-14)16-2-1-9-26-10-11-28-25-19(16)26/h1-9,12H,10-11H2. The summed E-state index contributed by atoms with van der Waals surface area (Å²) >= 11 is 4.47. The zero-order valence-corrected chi connectivity index (χ0v) is 16.8. The molecule has 3 nitrogen and oxygen atoms in total. The topological polar surface area (TPSA) is 24.8 Å². The van der Waals surface area contributed by atoms with Gasteiger partial charge in [0.1, 0.15) is 17.3 Å². The summed E-state index contributed by atoms with van der Waals surface area (Å²) in [6.45, 7) is 0.906. The Morgan fingerprint density at radius 3 is 2.57 bits per heavy atom. The van der Waals surface area contributed by atoms with Crippen LogP contribution in [-0.2, 0) is 6.18 Å². The number of hydrogen-bond acceptors (Lipinski definition) is 4. The van der Waals surface area contributed by atoms with Crippen molar-refractivity contribution in [3.8, 4) is 11.5 Å². The molecule has 0 unspecified atom stereocenters. The van der Waals surface area contributed by atoms with Gasteiger partial charge in [-0.1, -0.05) is 28.1 Å². The van der Waals surface area contributed by atoms with Gasteiger partial charge < -0.3 is 9.64 Å². The Hall–Kier alpha value is -2.19. The number of hydrogen-bond donors (Lipinski definition) is 0. The number of amidine groups is 1. The van der Waals surface area contributed by atoms with Crippen molar-refractivity contribution in [1.82, 2.24) is 4.90 Å². The van der Waals surface area contributed by atoms with E-state index in [0.29, 0.717) is 5.75 Å². The van der Waals surface area contributed by atoms with Gasteiger partial charge in [-0.05, 0) is 60.0 Å². The van der Waals surface area contributed by atoms with Gasteiger partial charge in [-0.2, -0.15) is 17.6 Å². The summed E-state index contributed by atoms with van der Waals surface area (Å²) in [6, 6.07) is 11.0. The smallest absolute Gasteiger partial charge is 0.417 e. The van der Waals surface area contributed by atoms with E-state index < -0.39 is 11.7 Å². The molecule has 0 amide bonds. The summed E-state index contributed by atoms with van der Waals surface area (Å²) in [5.74, 6) is 2.45. The van der Waals surface area contributed by atoms with Crippen LogP contribution in [0.5, 0.6) is 11.5 Å². The maximum Gasteiger partial charge on any atom is 0.417 e. The molecule has 2 aromatic carbocycles. The molecular formula is C20H14BrF3N2OS. The SMILES string of the molecule is FC(F)(F)c1cc(Oc2ccc(C3=CC=CN4CCSN=C34)cc2)ccc1Br. The summed E-state index contributed by atoms with van der Waals surface area (Å²) in [5, 5.41) is 0. The van der Waals surface area contributed by atoms with E-state index in [1.54, 1.807) is 12.1 Å². The second-order valence-corrected chi connectivity index (χ2v) is 7.83. The molecule has 0 aromatic heterocycles. The average molecular weight is 467 g/mol. The van der Waals surface area contributed by atoms with Gasteiger partial charge in [0.25, 0.3) is 0 Å². The van der Waals surface area contributed by atoms with Crippen LogP contribution >= 0.6 is 27.9 Å². The second-order valence-electron chi connectivity index (χ2n) is 6.13. The van der Waals surface area contributed by atoms with E-state index in [9.17, 15) is 13.2 Å². The van der Waals surface area contributed by atoms with E-state index in [1.165, 1.54) is 24.1 Å². The molecule has 2 aliphatic heterocycles. The van der Waals surface area contributed by atoms with Crippen molar-refractivity contribution in [2.75, 3.05) is 12.3 Å². The van der Waals surface area contributed by atoms with Crippen LogP contribution in [0.25, 0.3) is 5.57 Å². The highest BCUT2D eigenvalue weighted by Gasteiger charge is 2.33. The molecule has 4 rings (SSSR count). The lowest BCUT2D eigenvalue weighted by atomic mass is 10.0. The predicted octanol–water partition coefficient (Wildman–Crippen LogP) is 6.53. The minimum Gasteiger partial charge on any atom is -0.457 e. The number of halogens is 4. The first-order valence-electron chi connectivity index (χ1n) is 8.42. The zero-order chi connectivity index (χ0) is 19.7. The van der Waals surface area contributed by atoms with Crippen LogP contribution in [0.2, 0.25) is 0 Å². The van der Waals surface area contributed by atoms with E-state index >= 15 is 0 Å². The first-order chi connectivity index (χ1) is 13.4. The highest BCUT2D eigenvalue weighted by atomic mass is 79.9. The molecule has 0 atom stereocenters. The monoisotopic (exact) mass is 466 g/mol. The summed E-state index contributed by atoms with van der Waals surface area (Å²) < 4.78 is 49.3. The molecule has 2 aromatic rings. The third kappa shape index (κ3) is 3.98. The first kappa shape index (κ1) is 19.1. The van der Waals surface area contributed by atoms with Crippen LogP contribution in [0, 0.1) is 0 Å². The number of fused-ring (bicyclic) bond motifs is 1. The minimum absolute atomic E-state index is 0.0179. The fourth-order valence-electron chi connectivity index (χ4n) is 2.92. The van der Waals surface area contributed by atoms with Crippen molar-refractivity contribution >= 4 is 39.3 Å². The first-order valence-corrected chi connectivity index (χ1v) is 10.2. The van der Waals surface area contributed by atoms with Gasteiger partial charge in [0, 0.05) is 28.5 Å². The molecule has 144 valence electrons. The van der Waals surface area contributed by atoms with E-state index in [2.05, 4.69) is 25.2 Å². The highest BCUT2D eigenvalue weighted by molar-refractivity contribution is 9.10. The highest BCUT2D eigenvalue weighted by Crippen LogP contribution is 2.38. The Balaban J connectivity index is 1.55. The normalized spacial score (nSPS) is 16.4. The number of alkyl halides is 3. The molecule has 0 fully saturated rings. The maximum atomic E-state index is 13.0. The lowest BCUT2D eigenvalue weighted by Gasteiger charge is -2.29. The molecule has 0 radical (unpaired) electrons. The van der Waals surface area contributed by atoms with Crippen molar-refractivity contribution in [2.24, 2.45) is 4.40 Å². The molecular weight excluding hydrogens is 453 g/mol. The molecule has 2 aliphatic rings. The van der Waals surface area contributed by atoms with E-state index in [0.717, 1.165) is 35.3 Å². The Kier molecular flexibility index (Phi) is 5.25. The van der Waals surface area contributed by atoms with Crippen molar-refractivity contribution in [3.63, 3.8) is 0 Å². The summed E-state index contributed by atoms with van der Waals surface area (Å²) in [5.41, 5.74) is 1.20. The summed E-state index contributed by atoms with van der Waals surface area (Å²) in [7, 11) is 0. The van der Waals surface area contributed by atoms with Crippen LogP contribution in [0.1, 0.15) is 11.1 Å². The fourth-order valence-corrected chi connectivity index (χ4v) is 4.09. The largest absolute Gasteiger partial charge is 0.457 e. The summed E-state index contributed by atoms with van der Waals surface area (Å²) in [4.78, 5) is 2.11. The average Bonchev–Trinajstić information content (AvgIpc) is 2.69. The predicted molar refractivity (Wildman–Crippen MR) is 109 cm³/mol. The molecule has 0 bridgehead atoms. The van der Waals surface area contributed by atoms with Gasteiger partial charge in [-0.15, -0.1) is 0 Å². The third-order valence-electron chi connectivity index (χ3n) is 4.26. The molecule has 2 heterocycles. The quantitative estimate of drug-likeness (QED) is 0.480. The third-order valence-corrected chi connectivity index (χ3v) is 5.62. The Labute approximate surface area is 172 Å². The Morgan fingerprint density at radius 1 is 1.07 bits per heavy atom. The summed E-state index contributed by atoms with van der Waals surface area (Å²) in [6.07, 6.45) is 1.54. The van der Waals surface area contributed by atoms with E-state index in [1.807, 2.05) is 30.5 Å². The molecule has 0 saturated heterocycles. The van der Waals surface area contributed by atoms with Gasteiger partial charge in [-0.3, -0.25) is 0 Å². The van der Waals surface area contributed by atoms with Crippen LogP contribution in [0.3, 0.4) is 0 Å². The fraction of sp³-hybridized carbons (Fsp3) is 0.150. The van der Waals surface area contributed by atoms with Crippen LogP contribution in [-0.4, -0.2) is 23.0 Å². The van der Waals surface area contributed by atoms with Crippen molar-refractivity contribution in [3.05, 3.63) is 76.4 Å². The van der Waals surface area contributed by atoms with Crippen LogP contribution < -0.4 is 4.74 Å². The van der Waals surface area contributed by atoms with Crippen molar-refractivity contribution in [2.45, 2.75) is 6.18 Å².